The summed E-state index contributed by atoms with van der Waals surface area (Å²) < 4.78 is 2.07. The molecule has 5 nitrogen and oxygen atoms in total. The van der Waals surface area contributed by atoms with Gasteiger partial charge in [-0.3, -0.25) is 4.79 Å². The molecule has 0 aliphatic heterocycles. The van der Waals surface area contributed by atoms with Crippen LogP contribution < -0.4 is 9.88 Å². The number of amides is 1. The standard InChI is InChI=1S/C17H17ClN2O3/c18-15-8-7-13(12-14(15)17(22)23)19-16(21)6-2-5-11-20-9-3-1-4-10-20/h1,3-4,7-10,12H,2,5-6,11H2,(H-,19,21,22,23)/p+1. The van der Waals surface area contributed by atoms with Gasteiger partial charge in [0.2, 0.25) is 5.91 Å². The summed E-state index contributed by atoms with van der Waals surface area (Å²) in [6.07, 6.45) is 6.01. The lowest BCUT2D eigenvalue weighted by atomic mass is 10.2. The fourth-order valence-corrected chi connectivity index (χ4v) is 2.35. The highest BCUT2D eigenvalue weighted by Crippen LogP contribution is 2.20. The Kier molecular flexibility index (Phi) is 6.11. The third kappa shape index (κ3) is 5.38. The van der Waals surface area contributed by atoms with Crippen LogP contribution in [-0.2, 0) is 11.3 Å². The van der Waals surface area contributed by atoms with E-state index in [9.17, 15) is 9.59 Å². The number of halogens is 1. The number of aromatic carboxylic acids is 1. The highest BCUT2D eigenvalue weighted by molar-refractivity contribution is 6.33. The number of nitrogens with zero attached hydrogens (tertiary/aromatic N) is 1. The average Bonchev–Trinajstić information content (AvgIpc) is 2.54. The van der Waals surface area contributed by atoms with Crippen LogP contribution in [0.3, 0.4) is 0 Å². The van der Waals surface area contributed by atoms with E-state index in [1.165, 1.54) is 12.1 Å². The van der Waals surface area contributed by atoms with Crippen molar-refractivity contribution < 1.29 is 19.3 Å². The molecule has 1 aromatic heterocycles. The van der Waals surface area contributed by atoms with Crippen molar-refractivity contribution in [3.05, 3.63) is 59.4 Å². The number of anilines is 1. The first-order valence-corrected chi connectivity index (χ1v) is 7.71. The van der Waals surface area contributed by atoms with Crippen molar-refractivity contribution in [2.75, 3.05) is 5.32 Å². The summed E-state index contributed by atoms with van der Waals surface area (Å²) in [4.78, 5) is 22.9. The van der Waals surface area contributed by atoms with Crippen molar-refractivity contribution in [2.24, 2.45) is 0 Å². The van der Waals surface area contributed by atoms with Crippen molar-refractivity contribution in [1.82, 2.24) is 0 Å². The number of aryl methyl sites for hydroxylation is 1. The molecule has 0 aliphatic carbocycles. The molecular formula is C17H18ClN2O3+. The summed E-state index contributed by atoms with van der Waals surface area (Å²) in [5.74, 6) is -1.26. The zero-order valence-corrected chi connectivity index (χ0v) is 13.3. The molecule has 0 atom stereocenters. The Morgan fingerprint density at radius 3 is 2.57 bits per heavy atom. The van der Waals surface area contributed by atoms with Crippen molar-refractivity contribution >= 4 is 29.2 Å². The summed E-state index contributed by atoms with van der Waals surface area (Å²) in [6.45, 7) is 0.859. The number of hydrogen-bond donors (Lipinski definition) is 2. The van der Waals surface area contributed by atoms with Crippen LogP contribution in [0.2, 0.25) is 5.02 Å². The summed E-state index contributed by atoms with van der Waals surface area (Å²) in [6, 6.07) is 10.3. The number of benzene rings is 1. The van der Waals surface area contributed by atoms with Crippen molar-refractivity contribution in [3.8, 4) is 0 Å². The van der Waals surface area contributed by atoms with Gasteiger partial charge in [0.15, 0.2) is 12.4 Å². The molecule has 0 aliphatic rings. The normalized spacial score (nSPS) is 10.3. The van der Waals surface area contributed by atoms with Crippen LogP contribution in [-0.4, -0.2) is 17.0 Å². The topological polar surface area (TPSA) is 70.3 Å². The minimum Gasteiger partial charge on any atom is -0.478 e. The van der Waals surface area contributed by atoms with E-state index >= 15 is 0 Å². The SMILES string of the molecule is O=C(CCCC[n+]1ccccc1)Nc1ccc(Cl)c(C(=O)O)c1. The van der Waals surface area contributed by atoms with Crippen molar-refractivity contribution in [2.45, 2.75) is 25.8 Å². The van der Waals surface area contributed by atoms with Gasteiger partial charge in [0, 0.05) is 30.7 Å². The molecule has 0 unspecified atom stereocenters. The van der Waals surface area contributed by atoms with E-state index in [1.807, 2.05) is 30.6 Å². The molecule has 0 spiro atoms. The number of aromatic nitrogens is 1. The van der Waals surface area contributed by atoms with E-state index in [-0.39, 0.29) is 16.5 Å². The largest absolute Gasteiger partial charge is 0.478 e. The Labute approximate surface area is 139 Å². The predicted molar refractivity (Wildman–Crippen MR) is 87.5 cm³/mol. The Morgan fingerprint density at radius 2 is 1.87 bits per heavy atom. The number of unbranched alkanes of at least 4 members (excludes halogenated alkanes) is 1. The van der Waals surface area contributed by atoms with Crippen LogP contribution in [0.15, 0.2) is 48.8 Å². The van der Waals surface area contributed by atoms with Crippen LogP contribution in [0, 0.1) is 0 Å². The van der Waals surface area contributed by atoms with Crippen molar-refractivity contribution in [3.63, 3.8) is 0 Å². The highest BCUT2D eigenvalue weighted by atomic mass is 35.5. The maximum atomic E-state index is 11.9. The van der Waals surface area contributed by atoms with Crippen LogP contribution in [0.25, 0.3) is 0 Å². The Morgan fingerprint density at radius 1 is 1.13 bits per heavy atom. The number of carbonyl (C=O) groups excluding carboxylic acids is 1. The molecule has 2 N–H and O–H groups in total. The minimum absolute atomic E-state index is 0.0232. The minimum atomic E-state index is -1.12. The smallest absolute Gasteiger partial charge is 0.337 e. The maximum Gasteiger partial charge on any atom is 0.337 e. The third-order valence-electron chi connectivity index (χ3n) is 3.33. The molecular weight excluding hydrogens is 316 g/mol. The molecule has 0 radical (unpaired) electrons. The van der Waals surface area contributed by atoms with Gasteiger partial charge in [0.25, 0.3) is 0 Å². The monoisotopic (exact) mass is 333 g/mol. The predicted octanol–water partition coefficient (Wildman–Crippen LogP) is 3.13. The second-order valence-corrected chi connectivity index (χ2v) is 5.53. The lowest BCUT2D eigenvalue weighted by Crippen LogP contribution is -2.32. The second kappa shape index (κ2) is 8.29. The van der Waals surface area contributed by atoms with Gasteiger partial charge in [-0.25, -0.2) is 9.36 Å². The van der Waals surface area contributed by atoms with Gasteiger partial charge < -0.3 is 10.4 Å². The number of rotatable bonds is 7. The van der Waals surface area contributed by atoms with Crippen LogP contribution in [0.1, 0.15) is 29.6 Å². The fourth-order valence-electron chi connectivity index (χ4n) is 2.15. The van der Waals surface area contributed by atoms with Gasteiger partial charge in [-0.2, -0.15) is 0 Å². The maximum absolute atomic E-state index is 11.9. The van der Waals surface area contributed by atoms with Gasteiger partial charge in [0.1, 0.15) is 6.54 Å². The Hall–Kier alpha value is -2.40. The van der Waals surface area contributed by atoms with Crippen LogP contribution in [0.4, 0.5) is 5.69 Å². The summed E-state index contributed by atoms with van der Waals surface area (Å²) in [5.41, 5.74) is 0.416. The van der Waals surface area contributed by atoms with Gasteiger partial charge in [0.05, 0.1) is 10.6 Å². The lowest BCUT2D eigenvalue weighted by molar-refractivity contribution is -0.697. The zero-order valence-electron chi connectivity index (χ0n) is 12.5. The second-order valence-electron chi connectivity index (χ2n) is 5.12. The molecule has 0 bridgehead atoms. The third-order valence-corrected chi connectivity index (χ3v) is 3.66. The van der Waals surface area contributed by atoms with E-state index < -0.39 is 5.97 Å². The van der Waals surface area contributed by atoms with Gasteiger partial charge in [-0.1, -0.05) is 17.7 Å². The number of nitrogens with one attached hydrogen (secondary N) is 1. The molecule has 6 heteroatoms. The fraction of sp³-hybridized carbons (Fsp3) is 0.235. The lowest BCUT2D eigenvalue weighted by Gasteiger charge is -2.07. The summed E-state index contributed by atoms with van der Waals surface area (Å²) in [7, 11) is 0. The molecule has 2 aromatic rings. The molecule has 0 saturated carbocycles. The molecule has 2 rings (SSSR count). The van der Waals surface area contributed by atoms with Gasteiger partial charge >= 0.3 is 5.97 Å². The first-order valence-electron chi connectivity index (χ1n) is 7.33. The highest BCUT2D eigenvalue weighted by Gasteiger charge is 2.11. The average molecular weight is 334 g/mol. The van der Waals surface area contributed by atoms with E-state index in [2.05, 4.69) is 9.88 Å². The van der Waals surface area contributed by atoms with E-state index in [0.29, 0.717) is 12.1 Å². The number of carboxylic acid groups (broad SMARTS) is 1. The Balaban J connectivity index is 1.79. The van der Waals surface area contributed by atoms with Gasteiger partial charge in [-0.05, 0) is 24.6 Å². The molecule has 23 heavy (non-hydrogen) atoms. The number of carboxylic acids is 1. The number of carbonyl (C=O) groups is 2. The van der Waals surface area contributed by atoms with Gasteiger partial charge in [-0.15, -0.1) is 0 Å². The zero-order chi connectivity index (χ0) is 16.7. The molecule has 0 fully saturated rings. The number of hydrogen-bond acceptors (Lipinski definition) is 2. The van der Waals surface area contributed by atoms with E-state index in [4.69, 9.17) is 16.7 Å². The first-order chi connectivity index (χ1) is 11.1. The first kappa shape index (κ1) is 17.0. The summed E-state index contributed by atoms with van der Waals surface area (Å²) in [5, 5.41) is 11.9. The molecule has 1 heterocycles. The van der Waals surface area contributed by atoms with E-state index in [1.54, 1.807) is 6.07 Å². The van der Waals surface area contributed by atoms with Crippen LogP contribution in [0.5, 0.6) is 0 Å². The molecule has 0 saturated heterocycles. The molecule has 1 amide bonds. The summed E-state index contributed by atoms with van der Waals surface area (Å²) >= 11 is 5.79. The molecule has 1 aromatic carbocycles. The molecule has 120 valence electrons. The van der Waals surface area contributed by atoms with Crippen LogP contribution >= 0.6 is 11.6 Å². The number of pyridine rings is 1. The van der Waals surface area contributed by atoms with Crippen molar-refractivity contribution in [1.29, 1.82) is 0 Å². The quantitative estimate of drug-likeness (QED) is 0.604. The Bertz CT molecular complexity index is 689. The van der Waals surface area contributed by atoms with E-state index in [0.717, 1.165) is 19.4 Å².